The Morgan fingerprint density at radius 2 is 2.21 bits per heavy atom. The topological polar surface area (TPSA) is 52.1 Å². The molecule has 1 unspecified atom stereocenters. The molecule has 1 fully saturated rings. The van der Waals surface area contributed by atoms with E-state index in [-0.39, 0.29) is 0 Å². The molecule has 2 N–H and O–H groups in total. The summed E-state index contributed by atoms with van der Waals surface area (Å²) in [5.74, 6) is 0.908. The number of rotatable bonds is 1. The standard InChI is InChI=1S/C14H18BrN3O/c1-14(19)5-2-7-18(8-6-14)13-16-11-4-3-10(15)9-12(11)17-13/h3-4,9,19H,2,5-8H2,1H3,(H,16,17). The van der Waals surface area contributed by atoms with Gasteiger partial charge in [-0.05, 0) is 44.4 Å². The van der Waals surface area contributed by atoms with E-state index >= 15 is 0 Å². The highest BCUT2D eigenvalue weighted by Crippen LogP contribution is 2.26. The first-order valence-electron chi connectivity index (χ1n) is 6.66. The third-order valence-corrected chi connectivity index (χ3v) is 4.29. The summed E-state index contributed by atoms with van der Waals surface area (Å²) in [7, 11) is 0. The second kappa shape index (κ2) is 4.80. The number of benzene rings is 1. The van der Waals surface area contributed by atoms with Gasteiger partial charge in [0.2, 0.25) is 5.95 Å². The zero-order chi connectivity index (χ0) is 13.5. The van der Waals surface area contributed by atoms with Crippen molar-refractivity contribution in [2.75, 3.05) is 18.0 Å². The molecular formula is C14H18BrN3O. The molecule has 102 valence electrons. The average molecular weight is 324 g/mol. The average Bonchev–Trinajstić information content (AvgIpc) is 2.67. The molecule has 0 bridgehead atoms. The quantitative estimate of drug-likeness (QED) is 0.848. The van der Waals surface area contributed by atoms with E-state index in [1.807, 2.05) is 25.1 Å². The number of fused-ring (bicyclic) bond motifs is 1. The molecule has 2 heterocycles. The molecule has 5 heteroatoms. The minimum atomic E-state index is -0.538. The number of aromatic amines is 1. The second-order valence-corrected chi connectivity index (χ2v) is 6.48. The SMILES string of the molecule is CC1(O)CCCN(c2nc3ccc(Br)cc3[nH]2)CC1. The predicted octanol–water partition coefficient (Wildman–Crippen LogP) is 3.07. The van der Waals surface area contributed by atoms with Crippen LogP contribution in [0, 0.1) is 0 Å². The van der Waals surface area contributed by atoms with Crippen LogP contribution in [-0.4, -0.2) is 33.8 Å². The molecule has 0 spiro atoms. The molecule has 4 nitrogen and oxygen atoms in total. The Hall–Kier alpha value is -1.07. The molecule has 1 aromatic heterocycles. The number of halogens is 1. The third-order valence-electron chi connectivity index (χ3n) is 3.79. The number of nitrogens with zero attached hydrogens (tertiary/aromatic N) is 2. The molecule has 19 heavy (non-hydrogen) atoms. The molecule has 1 aliphatic rings. The molecule has 1 aromatic carbocycles. The fourth-order valence-corrected chi connectivity index (χ4v) is 2.95. The van der Waals surface area contributed by atoms with Gasteiger partial charge in [-0.1, -0.05) is 15.9 Å². The van der Waals surface area contributed by atoms with Crippen molar-refractivity contribution in [3.05, 3.63) is 22.7 Å². The predicted molar refractivity (Wildman–Crippen MR) is 80.5 cm³/mol. The van der Waals surface area contributed by atoms with Crippen LogP contribution in [0.25, 0.3) is 11.0 Å². The summed E-state index contributed by atoms with van der Waals surface area (Å²) >= 11 is 3.47. The van der Waals surface area contributed by atoms with Gasteiger partial charge in [-0.3, -0.25) is 0 Å². The van der Waals surface area contributed by atoms with Crippen LogP contribution in [0.5, 0.6) is 0 Å². The number of H-pyrrole nitrogens is 1. The van der Waals surface area contributed by atoms with Crippen molar-refractivity contribution in [2.24, 2.45) is 0 Å². The molecule has 0 saturated carbocycles. The molecule has 0 aliphatic carbocycles. The third kappa shape index (κ3) is 2.77. The van der Waals surface area contributed by atoms with Crippen molar-refractivity contribution in [3.8, 4) is 0 Å². The van der Waals surface area contributed by atoms with Gasteiger partial charge >= 0.3 is 0 Å². The maximum absolute atomic E-state index is 10.1. The number of hydrogen-bond donors (Lipinski definition) is 2. The van der Waals surface area contributed by atoms with Crippen LogP contribution >= 0.6 is 15.9 Å². The molecule has 1 atom stereocenters. The molecule has 1 saturated heterocycles. The van der Waals surface area contributed by atoms with E-state index in [0.717, 1.165) is 53.8 Å². The maximum atomic E-state index is 10.1. The zero-order valence-electron chi connectivity index (χ0n) is 11.0. The number of anilines is 1. The summed E-state index contributed by atoms with van der Waals surface area (Å²) < 4.78 is 1.05. The molecule has 0 radical (unpaired) electrons. The number of nitrogens with one attached hydrogen (secondary N) is 1. The van der Waals surface area contributed by atoms with Crippen LogP contribution in [0.1, 0.15) is 26.2 Å². The maximum Gasteiger partial charge on any atom is 0.203 e. The van der Waals surface area contributed by atoms with Gasteiger partial charge in [0, 0.05) is 17.6 Å². The second-order valence-electron chi connectivity index (χ2n) is 5.56. The van der Waals surface area contributed by atoms with E-state index in [9.17, 15) is 5.11 Å². The lowest BCUT2D eigenvalue weighted by Crippen LogP contribution is -2.28. The van der Waals surface area contributed by atoms with Gasteiger partial charge < -0.3 is 15.0 Å². The van der Waals surface area contributed by atoms with Gasteiger partial charge in [0.05, 0.1) is 16.6 Å². The highest BCUT2D eigenvalue weighted by atomic mass is 79.9. The van der Waals surface area contributed by atoms with Gasteiger partial charge in [-0.25, -0.2) is 4.98 Å². The van der Waals surface area contributed by atoms with Gasteiger partial charge in [-0.2, -0.15) is 0 Å². The molecule has 2 aromatic rings. The Balaban J connectivity index is 1.87. The van der Waals surface area contributed by atoms with E-state index in [1.165, 1.54) is 0 Å². The van der Waals surface area contributed by atoms with Gasteiger partial charge in [0.15, 0.2) is 0 Å². The van der Waals surface area contributed by atoms with Crippen molar-refractivity contribution in [3.63, 3.8) is 0 Å². The van der Waals surface area contributed by atoms with E-state index in [0.29, 0.717) is 0 Å². The largest absolute Gasteiger partial charge is 0.390 e. The molecule has 3 rings (SSSR count). The van der Waals surface area contributed by atoms with Crippen molar-refractivity contribution in [1.29, 1.82) is 0 Å². The minimum Gasteiger partial charge on any atom is -0.390 e. The molecular weight excluding hydrogens is 306 g/mol. The van der Waals surface area contributed by atoms with Crippen molar-refractivity contribution < 1.29 is 5.11 Å². The van der Waals surface area contributed by atoms with Gasteiger partial charge in [0.25, 0.3) is 0 Å². The van der Waals surface area contributed by atoms with E-state index in [4.69, 9.17) is 0 Å². The van der Waals surface area contributed by atoms with Crippen molar-refractivity contribution in [2.45, 2.75) is 31.8 Å². The highest BCUT2D eigenvalue weighted by Gasteiger charge is 2.26. The fraction of sp³-hybridized carbons (Fsp3) is 0.500. The van der Waals surface area contributed by atoms with Crippen molar-refractivity contribution in [1.82, 2.24) is 9.97 Å². The lowest BCUT2D eigenvalue weighted by molar-refractivity contribution is 0.0481. The first-order chi connectivity index (χ1) is 9.03. The van der Waals surface area contributed by atoms with Crippen LogP contribution in [-0.2, 0) is 0 Å². The van der Waals surface area contributed by atoms with Crippen LogP contribution in [0.3, 0.4) is 0 Å². The Labute approximate surface area is 121 Å². The Morgan fingerprint density at radius 1 is 1.37 bits per heavy atom. The summed E-state index contributed by atoms with van der Waals surface area (Å²) in [6.07, 6.45) is 2.64. The molecule has 1 aliphatic heterocycles. The van der Waals surface area contributed by atoms with Crippen LogP contribution in [0.2, 0.25) is 0 Å². The number of hydrogen-bond acceptors (Lipinski definition) is 3. The summed E-state index contributed by atoms with van der Waals surface area (Å²) in [5.41, 5.74) is 1.48. The number of aromatic nitrogens is 2. The zero-order valence-corrected chi connectivity index (χ0v) is 12.6. The van der Waals surface area contributed by atoms with E-state index in [1.54, 1.807) is 0 Å². The summed E-state index contributed by atoms with van der Waals surface area (Å²) in [6, 6.07) is 6.05. The number of imidazole rings is 1. The van der Waals surface area contributed by atoms with Crippen LogP contribution in [0.4, 0.5) is 5.95 Å². The summed E-state index contributed by atoms with van der Waals surface area (Å²) in [6.45, 7) is 3.71. The normalized spacial score (nSPS) is 24.7. The first kappa shape index (κ1) is 12.9. The first-order valence-corrected chi connectivity index (χ1v) is 7.45. The van der Waals surface area contributed by atoms with Crippen molar-refractivity contribution >= 4 is 32.9 Å². The van der Waals surface area contributed by atoms with Gasteiger partial charge in [0.1, 0.15) is 0 Å². The monoisotopic (exact) mass is 323 g/mol. The Bertz CT molecular complexity index is 593. The minimum absolute atomic E-state index is 0.538. The summed E-state index contributed by atoms with van der Waals surface area (Å²) in [4.78, 5) is 10.2. The Morgan fingerprint density at radius 3 is 3.05 bits per heavy atom. The lowest BCUT2D eigenvalue weighted by Gasteiger charge is -2.21. The van der Waals surface area contributed by atoms with E-state index in [2.05, 4.69) is 30.8 Å². The Kier molecular flexibility index (Phi) is 3.27. The smallest absolute Gasteiger partial charge is 0.203 e. The van der Waals surface area contributed by atoms with Crippen LogP contribution in [0.15, 0.2) is 22.7 Å². The summed E-state index contributed by atoms with van der Waals surface area (Å²) in [5, 5.41) is 10.1. The van der Waals surface area contributed by atoms with Gasteiger partial charge in [-0.15, -0.1) is 0 Å². The highest BCUT2D eigenvalue weighted by molar-refractivity contribution is 9.10. The van der Waals surface area contributed by atoms with Crippen LogP contribution < -0.4 is 4.90 Å². The molecule has 0 amide bonds. The lowest BCUT2D eigenvalue weighted by atomic mass is 9.98. The van der Waals surface area contributed by atoms with E-state index < -0.39 is 5.60 Å². The number of aliphatic hydroxyl groups is 1. The fourth-order valence-electron chi connectivity index (χ4n) is 2.59.